The van der Waals surface area contributed by atoms with Gasteiger partial charge in [0.25, 0.3) is 10.0 Å². The van der Waals surface area contributed by atoms with Crippen LogP contribution >= 0.6 is 11.6 Å². The quantitative estimate of drug-likeness (QED) is 0.152. The third-order valence-electron chi connectivity index (χ3n) is 7.63. The molecule has 0 radical (unpaired) electrons. The highest BCUT2D eigenvalue weighted by atomic mass is 35.5. The predicted octanol–water partition coefficient (Wildman–Crippen LogP) is 6.63. The van der Waals surface area contributed by atoms with Crippen molar-refractivity contribution in [3.05, 3.63) is 125 Å². The molecule has 248 valence electrons. The number of nitrogens with zero attached hydrogens (tertiary/aromatic N) is 2. The first-order chi connectivity index (χ1) is 22.5. The summed E-state index contributed by atoms with van der Waals surface area (Å²) >= 11 is 6.30. The molecule has 0 spiro atoms. The van der Waals surface area contributed by atoms with E-state index >= 15 is 0 Å². The van der Waals surface area contributed by atoms with Crippen molar-refractivity contribution in [1.29, 1.82) is 0 Å². The van der Waals surface area contributed by atoms with Gasteiger partial charge in [-0.25, -0.2) is 12.8 Å². The lowest BCUT2D eigenvalue weighted by Crippen LogP contribution is -2.54. The molecule has 11 heteroatoms. The van der Waals surface area contributed by atoms with Crippen LogP contribution in [0.15, 0.2) is 108 Å². The lowest BCUT2D eigenvalue weighted by atomic mass is 10.0. The Kier molecular flexibility index (Phi) is 12.4. The standard InChI is InChI=1S/C36H39ClFN3O5S/c1-4-26(3)39-36(43)34(23-27-10-7-6-8-11-27)40(24-28-12-9-13-29(37)22-28)35(42)25-41(31-16-18-32(19-17-31)46-5-2)47(44,45)33-20-14-30(38)15-21-33/h6-22,26,34H,4-5,23-25H2,1-3H3,(H,39,43). The van der Waals surface area contributed by atoms with Crippen molar-refractivity contribution in [3.8, 4) is 5.75 Å². The third-order valence-corrected chi connectivity index (χ3v) is 9.65. The van der Waals surface area contributed by atoms with Gasteiger partial charge in [0.05, 0.1) is 17.2 Å². The largest absolute Gasteiger partial charge is 0.494 e. The Hall–Kier alpha value is -4.41. The number of carbonyl (C=O) groups is 2. The fourth-order valence-corrected chi connectivity index (χ4v) is 6.59. The van der Waals surface area contributed by atoms with Crippen LogP contribution in [0.1, 0.15) is 38.3 Å². The van der Waals surface area contributed by atoms with Crippen molar-refractivity contribution in [1.82, 2.24) is 10.2 Å². The molecule has 0 fully saturated rings. The monoisotopic (exact) mass is 679 g/mol. The molecule has 8 nitrogen and oxygen atoms in total. The second-order valence-electron chi connectivity index (χ2n) is 11.1. The highest BCUT2D eigenvalue weighted by Crippen LogP contribution is 2.27. The third kappa shape index (κ3) is 9.56. The number of anilines is 1. The lowest BCUT2D eigenvalue weighted by Gasteiger charge is -2.34. The molecule has 0 aromatic heterocycles. The number of sulfonamides is 1. The minimum absolute atomic E-state index is 0.0153. The lowest BCUT2D eigenvalue weighted by molar-refractivity contribution is -0.140. The number of nitrogens with one attached hydrogen (secondary N) is 1. The summed E-state index contributed by atoms with van der Waals surface area (Å²) < 4.78 is 48.5. The maximum absolute atomic E-state index is 14.5. The average Bonchev–Trinajstić information content (AvgIpc) is 3.06. The Morgan fingerprint density at radius 2 is 1.55 bits per heavy atom. The van der Waals surface area contributed by atoms with Crippen LogP contribution < -0.4 is 14.4 Å². The SMILES string of the molecule is CCOc1ccc(N(CC(=O)N(Cc2cccc(Cl)c2)C(Cc2ccccc2)C(=O)NC(C)CC)S(=O)(=O)c2ccc(F)cc2)cc1. The number of amides is 2. The highest BCUT2D eigenvalue weighted by Gasteiger charge is 2.35. The number of rotatable bonds is 15. The van der Waals surface area contributed by atoms with Crippen LogP contribution in [0.25, 0.3) is 0 Å². The van der Waals surface area contributed by atoms with E-state index in [1.54, 1.807) is 36.4 Å². The maximum Gasteiger partial charge on any atom is 0.264 e. The van der Waals surface area contributed by atoms with Crippen LogP contribution in [0.5, 0.6) is 5.75 Å². The van der Waals surface area contributed by atoms with E-state index in [-0.39, 0.29) is 35.5 Å². The molecule has 1 N–H and O–H groups in total. The van der Waals surface area contributed by atoms with Gasteiger partial charge in [0.2, 0.25) is 11.8 Å². The van der Waals surface area contributed by atoms with Gasteiger partial charge in [-0.1, -0.05) is 61.0 Å². The van der Waals surface area contributed by atoms with E-state index in [1.165, 1.54) is 17.0 Å². The van der Waals surface area contributed by atoms with Gasteiger partial charge < -0.3 is 15.0 Å². The van der Waals surface area contributed by atoms with E-state index in [0.717, 1.165) is 34.1 Å². The molecule has 0 heterocycles. The van der Waals surface area contributed by atoms with E-state index < -0.39 is 34.3 Å². The molecule has 2 unspecified atom stereocenters. The smallest absolute Gasteiger partial charge is 0.264 e. The van der Waals surface area contributed by atoms with Crippen LogP contribution in [0.2, 0.25) is 5.02 Å². The van der Waals surface area contributed by atoms with E-state index in [9.17, 15) is 22.4 Å². The predicted molar refractivity (Wildman–Crippen MR) is 182 cm³/mol. The summed E-state index contributed by atoms with van der Waals surface area (Å²) in [6, 6.07) is 25.8. The zero-order valence-electron chi connectivity index (χ0n) is 26.6. The van der Waals surface area contributed by atoms with Gasteiger partial charge >= 0.3 is 0 Å². The van der Waals surface area contributed by atoms with Gasteiger partial charge in [-0.3, -0.25) is 13.9 Å². The zero-order chi connectivity index (χ0) is 34.0. The minimum atomic E-state index is -4.38. The Labute approximate surface area is 281 Å². The summed E-state index contributed by atoms with van der Waals surface area (Å²) in [6.07, 6.45) is 0.858. The van der Waals surface area contributed by atoms with Gasteiger partial charge in [0.1, 0.15) is 24.2 Å². The van der Waals surface area contributed by atoms with Crippen LogP contribution in [0.4, 0.5) is 10.1 Å². The molecular weight excluding hydrogens is 641 g/mol. The molecule has 0 aliphatic heterocycles. The van der Waals surface area contributed by atoms with Crippen molar-refractivity contribution in [2.75, 3.05) is 17.5 Å². The van der Waals surface area contributed by atoms with Crippen molar-refractivity contribution in [2.45, 2.75) is 57.1 Å². The van der Waals surface area contributed by atoms with Gasteiger partial charge in [-0.15, -0.1) is 0 Å². The summed E-state index contributed by atoms with van der Waals surface area (Å²) in [5.41, 5.74) is 1.68. The summed E-state index contributed by atoms with van der Waals surface area (Å²) in [4.78, 5) is 29.6. The van der Waals surface area contributed by atoms with Crippen molar-refractivity contribution >= 4 is 39.1 Å². The molecule has 2 atom stereocenters. The second kappa shape index (κ2) is 16.4. The van der Waals surface area contributed by atoms with Gasteiger partial charge in [0, 0.05) is 24.0 Å². The Morgan fingerprint density at radius 1 is 0.894 bits per heavy atom. The maximum atomic E-state index is 14.5. The Balaban J connectivity index is 1.81. The molecule has 0 saturated heterocycles. The molecule has 2 amide bonds. The van der Waals surface area contributed by atoms with Gasteiger partial charge in [0.15, 0.2) is 0 Å². The van der Waals surface area contributed by atoms with Crippen LogP contribution in [0, 0.1) is 5.82 Å². The first-order valence-electron chi connectivity index (χ1n) is 15.4. The molecular formula is C36H39ClFN3O5S. The normalized spacial score (nSPS) is 12.5. The number of ether oxygens (including phenoxy) is 1. The number of halogens is 2. The fourth-order valence-electron chi connectivity index (χ4n) is 4.96. The molecule has 4 rings (SSSR count). The number of benzene rings is 4. The number of hydrogen-bond donors (Lipinski definition) is 1. The van der Waals surface area contributed by atoms with Crippen molar-refractivity contribution in [2.24, 2.45) is 0 Å². The van der Waals surface area contributed by atoms with Crippen molar-refractivity contribution in [3.63, 3.8) is 0 Å². The summed E-state index contributed by atoms with van der Waals surface area (Å²) in [5, 5.41) is 3.46. The zero-order valence-corrected chi connectivity index (χ0v) is 28.2. The first-order valence-corrected chi connectivity index (χ1v) is 17.2. The molecule has 4 aromatic rings. The second-order valence-corrected chi connectivity index (χ2v) is 13.4. The first kappa shape index (κ1) is 35.4. The summed E-state index contributed by atoms with van der Waals surface area (Å²) in [6.45, 7) is 5.41. The van der Waals surface area contributed by atoms with Gasteiger partial charge in [-0.2, -0.15) is 0 Å². The topological polar surface area (TPSA) is 96.0 Å². The van der Waals surface area contributed by atoms with Crippen molar-refractivity contribution < 1.29 is 27.1 Å². The van der Waals surface area contributed by atoms with Crippen LogP contribution in [-0.2, 0) is 32.6 Å². The molecule has 0 bridgehead atoms. The number of carbonyl (C=O) groups excluding carboxylic acids is 2. The molecule has 4 aromatic carbocycles. The summed E-state index contributed by atoms with van der Waals surface area (Å²) in [5.74, 6) is -1.07. The average molecular weight is 680 g/mol. The van der Waals surface area contributed by atoms with Crippen LogP contribution in [0.3, 0.4) is 0 Å². The van der Waals surface area contributed by atoms with E-state index in [1.807, 2.05) is 51.1 Å². The molecule has 0 aliphatic carbocycles. The van der Waals surface area contributed by atoms with E-state index in [4.69, 9.17) is 16.3 Å². The van der Waals surface area contributed by atoms with E-state index in [0.29, 0.717) is 29.4 Å². The van der Waals surface area contributed by atoms with E-state index in [2.05, 4.69) is 5.32 Å². The van der Waals surface area contributed by atoms with Crippen LogP contribution in [-0.4, -0.2) is 50.4 Å². The minimum Gasteiger partial charge on any atom is -0.494 e. The fraction of sp³-hybridized carbons (Fsp3) is 0.278. The molecule has 47 heavy (non-hydrogen) atoms. The number of hydrogen-bond acceptors (Lipinski definition) is 5. The molecule has 0 aliphatic rings. The molecule has 0 saturated carbocycles. The highest BCUT2D eigenvalue weighted by molar-refractivity contribution is 7.92. The van der Waals surface area contributed by atoms with Gasteiger partial charge in [-0.05, 0) is 92.1 Å². The Bertz CT molecular complexity index is 1740. The summed E-state index contributed by atoms with van der Waals surface area (Å²) in [7, 11) is -4.38. The Morgan fingerprint density at radius 3 is 2.17 bits per heavy atom.